The summed E-state index contributed by atoms with van der Waals surface area (Å²) in [4.78, 5) is 8.35. The molecule has 0 spiro atoms. The second-order valence-electron chi connectivity index (χ2n) is 3.06. The molecule has 6 heteroatoms. The van der Waals surface area contributed by atoms with Gasteiger partial charge in [0.15, 0.2) is 0 Å². The molecule has 0 aliphatic rings. The van der Waals surface area contributed by atoms with Crippen molar-refractivity contribution in [2.75, 3.05) is 0 Å². The Morgan fingerprint density at radius 2 is 1.05 bits per heavy atom. The van der Waals surface area contributed by atoms with Gasteiger partial charge in [-0.15, -0.1) is 0 Å². The molecule has 5 nitrogen and oxygen atoms in total. The van der Waals surface area contributed by atoms with Gasteiger partial charge in [0, 0.05) is 0 Å². The Morgan fingerprint density at radius 1 is 0.842 bits per heavy atom. The lowest BCUT2D eigenvalue weighted by Gasteiger charge is -1.98. The summed E-state index contributed by atoms with van der Waals surface area (Å²) in [6.45, 7) is 0. The summed E-state index contributed by atoms with van der Waals surface area (Å²) >= 11 is -2.61. The third-order valence-electron chi connectivity index (χ3n) is 1.88. The summed E-state index contributed by atoms with van der Waals surface area (Å²) in [5.41, 5.74) is 2.55. The molecule has 2 aromatic rings. The number of benzene rings is 2. The van der Waals surface area contributed by atoms with Crippen LogP contribution in [0.2, 0.25) is 0 Å². The number of nitrogens with one attached hydrogen (secondary N) is 1. The van der Waals surface area contributed by atoms with Crippen molar-refractivity contribution in [3.63, 3.8) is 0 Å². The van der Waals surface area contributed by atoms with Crippen LogP contribution < -0.4 is 0 Å². The minimum Gasteiger partial charge on any atom is -0.284 e. The smallest absolute Gasteiger partial charge is 0.284 e. The molecule has 0 amide bonds. The van der Waals surface area contributed by atoms with E-state index in [4.69, 9.17) is 23.5 Å². The lowest BCUT2D eigenvalue weighted by atomic mass is 10.1. The van der Waals surface area contributed by atoms with Crippen molar-refractivity contribution in [2.45, 2.75) is 0 Å². The highest BCUT2D eigenvalue weighted by atomic mass is 32.2. The summed E-state index contributed by atoms with van der Waals surface area (Å²) in [6, 6.07) is 20.8. The van der Waals surface area contributed by atoms with E-state index >= 15 is 0 Å². The maximum atomic E-state index is 8.67. The van der Waals surface area contributed by atoms with Gasteiger partial charge in [-0.3, -0.25) is 9.11 Å². The molecular weight excluding hydrogens is 266 g/mol. The summed E-state index contributed by atoms with van der Waals surface area (Å²) in [5.74, 6) is 0. The van der Waals surface area contributed by atoms with Gasteiger partial charge in [-0.2, -0.15) is 4.21 Å². The minimum absolute atomic E-state index is 0.750. The molecule has 2 rings (SSSR count). The van der Waals surface area contributed by atoms with Crippen LogP contribution in [0.25, 0.3) is 11.1 Å². The third kappa shape index (κ3) is 9.58. The van der Waals surface area contributed by atoms with Crippen molar-refractivity contribution in [1.29, 1.82) is 5.41 Å². The maximum Gasteiger partial charge on any atom is 0.299 e. The minimum atomic E-state index is -2.61. The number of rotatable bonds is 1. The molecule has 0 heterocycles. The van der Waals surface area contributed by atoms with E-state index in [0.717, 1.165) is 6.08 Å². The zero-order valence-electron chi connectivity index (χ0n) is 9.89. The topological polar surface area (TPSA) is 98.5 Å². The monoisotopic (exact) mass is 279 g/mol. The molecular formula is C13H13NO4S. The van der Waals surface area contributed by atoms with Crippen LogP contribution in [0, 0.1) is 5.41 Å². The Balaban J connectivity index is 0.000000393. The van der Waals surface area contributed by atoms with Crippen LogP contribution in [0.5, 0.6) is 0 Å². The first kappa shape index (κ1) is 16.9. The molecule has 0 saturated carbocycles. The average molecular weight is 279 g/mol. The lowest BCUT2D eigenvalue weighted by molar-refractivity contribution is 0.454. The standard InChI is InChI=1S/C12H10.CHNO.H2O3S/c1-3-7-11(8-4-1)12-9-5-2-6-10-12;2-1-3;1-4(2)3/h1-10H;2H;(H2,1,2,3). The maximum absolute atomic E-state index is 8.67. The zero-order chi connectivity index (χ0) is 14.5. The van der Waals surface area contributed by atoms with E-state index < -0.39 is 11.4 Å². The molecule has 2 aromatic carbocycles. The fourth-order valence-electron chi connectivity index (χ4n) is 1.26. The fraction of sp³-hybridized carbons (Fsp3) is 0. The lowest BCUT2D eigenvalue weighted by Crippen LogP contribution is -1.74. The second-order valence-corrected chi connectivity index (χ2v) is 3.53. The van der Waals surface area contributed by atoms with Crippen LogP contribution in [-0.4, -0.2) is 19.4 Å². The molecule has 0 aromatic heterocycles. The van der Waals surface area contributed by atoms with Crippen molar-refractivity contribution < 1.29 is 18.1 Å². The van der Waals surface area contributed by atoms with E-state index in [1.807, 2.05) is 12.1 Å². The zero-order valence-corrected chi connectivity index (χ0v) is 10.7. The van der Waals surface area contributed by atoms with Gasteiger partial charge < -0.3 is 0 Å². The van der Waals surface area contributed by atoms with E-state index in [1.54, 1.807) is 0 Å². The molecule has 0 unspecified atom stereocenters. The Labute approximate surface area is 113 Å². The van der Waals surface area contributed by atoms with Crippen molar-refractivity contribution >= 4 is 17.4 Å². The predicted molar refractivity (Wildman–Crippen MR) is 73.7 cm³/mol. The van der Waals surface area contributed by atoms with Gasteiger partial charge >= 0.3 is 0 Å². The van der Waals surface area contributed by atoms with Gasteiger partial charge in [-0.1, -0.05) is 60.7 Å². The van der Waals surface area contributed by atoms with Crippen LogP contribution in [0.4, 0.5) is 0 Å². The highest BCUT2D eigenvalue weighted by molar-refractivity contribution is 7.73. The molecule has 100 valence electrons. The van der Waals surface area contributed by atoms with Crippen LogP contribution >= 0.6 is 0 Å². The molecule has 0 bridgehead atoms. The van der Waals surface area contributed by atoms with E-state index in [1.165, 1.54) is 11.1 Å². The normalized spacial score (nSPS) is 8.37. The quantitative estimate of drug-likeness (QED) is 0.424. The van der Waals surface area contributed by atoms with Crippen molar-refractivity contribution in [3.05, 3.63) is 60.7 Å². The van der Waals surface area contributed by atoms with Crippen LogP contribution in [0.3, 0.4) is 0 Å². The summed E-state index contributed by atoms with van der Waals surface area (Å²) in [5, 5.41) is 5.40. The van der Waals surface area contributed by atoms with Crippen LogP contribution in [-0.2, 0) is 16.2 Å². The number of hydrogen-bond donors (Lipinski definition) is 3. The number of carbonyl (C=O) groups excluding carboxylic acids is 1. The van der Waals surface area contributed by atoms with Crippen molar-refractivity contribution in [1.82, 2.24) is 0 Å². The third-order valence-corrected chi connectivity index (χ3v) is 1.88. The van der Waals surface area contributed by atoms with E-state index in [0.29, 0.717) is 0 Å². The Bertz CT molecular complexity index is 469. The fourth-order valence-corrected chi connectivity index (χ4v) is 1.26. The van der Waals surface area contributed by atoms with Gasteiger partial charge in [0.1, 0.15) is 0 Å². The largest absolute Gasteiger partial charge is 0.299 e. The van der Waals surface area contributed by atoms with E-state index in [2.05, 4.69) is 48.5 Å². The highest BCUT2D eigenvalue weighted by Gasteiger charge is 1.91. The highest BCUT2D eigenvalue weighted by Crippen LogP contribution is 2.17. The number of isocyanates is 1. The first-order valence-corrected chi connectivity index (χ1v) is 6.12. The average Bonchev–Trinajstić information content (AvgIpc) is 2.41. The first-order valence-electron chi connectivity index (χ1n) is 5.06. The molecule has 0 aliphatic carbocycles. The second kappa shape index (κ2) is 11.0. The molecule has 0 saturated heterocycles. The Morgan fingerprint density at radius 3 is 1.26 bits per heavy atom. The summed E-state index contributed by atoms with van der Waals surface area (Å²) in [7, 11) is 0. The van der Waals surface area contributed by atoms with Crippen molar-refractivity contribution in [2.24, 2.45) is 0 Å². The number of hydrogen-bond acceptors (Lipinski definition) is 3. The van der Waals surface area contributed by atoms with Crippen LogP contribution in [0.15, 0.2) is 60.7 Å². The molecule has 3 N–H and O–H groups in total. The summed E-state index contributed by atoms with van der Waals surface area (Å²) in [6.07, 6.45) is 0.750. The van der Waals surface area contributed by atoms with Gasteiger partial charge in [0.05, 0.1) is 0 Å². The molecule has 0 aliphatic heterocycles. The SMILES string of the molecule is N=C=O.O=S(O)O.c1ccc(-c2ccccc2)cc1. The van der Waals surface area contributed by atoms with Gasteiger partial charge in [0.2, 0.25) is 6.08 Å². The van der Waals surface area contributed by atoms with Gasteiger partial charge in [-0.25, -0.2) is 10.2 Å². The Hall–Kier alpha value is -2.11. The molecule has 0 fully saturated rings. The Kier molecular flexibility index (Phi) is 9.79. The van der Waals surface area contributed by atoms with E-state index in [9.17, 15) is 0 Å². The van der Waals surface area contributed by atoms with Gasteiger partial charge in [-0.05, 0) is 11.1 Å². The van der Waals surface area contributed by atoms with Gasteiger partial charge in [0.25, 0.3) is 11.4 Å². The molecule has 19 heavy (non-hydrogen) atoms. The van der Waals surface area contributed by atoms with Crippen LogP contribution in [0.1, 0.15) is 0 Å². The van der Waals surface area contributed by atoms with E-state index in [-0.39, 0.29) is 0 Å². The predicted octanol–water partition coefficient (Wildman–Crippen LogP) is 2.94. The first-order chi connectivity index (χ1) is 9.11. The van der Waals surface area contributed by atoms with Crippen molar-refractivity contribution in [3.8, 4) is 11.1 Å². The molecule has 0 radical (unpaired) electrons. The summed E-state index contributed by atoms with van der Waals surface area (Å²) < 4.78 is 22.8. The molecule has 0 atom stereocenters.